The van der Waals surface area contributed by atoms with E-state index in [4.69, 9.17) is 14.2 Å². The number of ether oxygens (including phenoxy) is 3. The zero-order valence-corrected chi connectivity index (χ0v) is 19.7. The molecule has 9 nitrogen and oxygen atoms in total. The van der Waals surface area contributed by atoms with E-state index in [9.17, 15) is 4.79 Å². The molecule has 3 heterocycles. The Labute approximate surface area is 193 Å². The zero-order valence-electron chi connectivity index (χ0n) is 19.7. The molecular weight excluding hydrogens is 422 g/mol. The molecule has 0 spiro atoms. The van der Waals surface area contributed by atoms with Crippen molar-refractivity contribution in [2.75, 3.05) is 27.3 Å². The van der Waals surface area contributed by atoms with Crippen molar-refractivity contribution in [3.63, 3.8) is 0 Å². The van der Waals surface area contributed by atoms with E-state index in [1.807, 2.05) is 38.1 Å². The molecule has 4 rings (SSSR count). The van der Waals surface area contributed by atoms with Crippen LogP contribution in [0.15, 0.2) is 30.3 Å². The largest absolute Gasteiger partial charge is 0.497 e. The molecule has 174 valence electrons. The number of likely N-dealkylation sites (tertiary alicyclic amines) is 1. The van der Waals surface area contributed by atoms with Crippen LogP contribution in [0, 0.1) is 13.8 Å². The monoisotopic (exact) mass is 451 g/mol. The summed E-state index contributed by atoms with van der Waals surface area (Å²) >= 11 is 0. The van der Waals surface area contributed by atoms with E-state index < -0.39 is 0 Å². The second-order valence-electron chi connectivity index (χ2n) is 8.17. The smallest absolute Gasteiger partial charge is 0.317 e. The minimum Gasteiger partial charge on any atom is -0.497 e. The van der Waals surface area contributed by atoms with E-state index in [1.54, 1.807) is 36.9 Å². The number of aryl methyl sites for hydroxylation is 3. The number of hydrogen-bond donors (Lipinski definition) is 0. The number of carbonyl (C=O) groups is 1. The fourth-order valence-corrected chi connectivity index (χ4v) is 4.09. The molecule has 0 bridgehead atoms. The summed E-state index contributed by atoms with van der Waals surface area (Å²) in [5, 5.41) is 4.57. The van der Waals surface area contributed by atoms with E-state index in [1.165, 1.54) is 0 Å². The van der Waals surface area contributed by atoms with Crippen LogP contribution in [-0.4, -0.2) is 64.0 Å². The van der Waals surface area contributed by atoms with E-state index in [0.29, 0.717) is 42.0 Å². The third kappa shape index (κ3) is 4.92. The number of hydrogen-bond acceptors (Lipinski definition) is 7. The van der Waals surface area contributed by atoms with E-state index in [-0.39, 0.29) is 12.0 Å². The molecule has 1 amide bonds. The molecule has 1 atom stereocenters. The number of piperidine rings is 1. The van der Waals surface area contributed by atoms with Gasteiger partial charge in [-0.3, -0.25) is 9.48 Å². The lowest BCUT2D eigenvalue weighted by atomic mass is 10.1. The van der Waals surface area contributed by atoms with Crippen molar-refractivity contribution in [3.05, 3.63) is 47.4 Å². The molecule has 1 unspecified atom stereocenters. The predicted molar refractivity (Wildman–Crippen MR) is 123 cm³/mol. The second kappa shape index (κ2) is 9.48. The molecule has 1 fully saturated rings. The Morgan fingerprint density at radius 2 is 1.82 bits per heavy atom. The second-order valence-corrected chi connectivity index (χ2v) is 8.17. The summed E-state index contributed by atoms with van der Waals surface area (Å²) in [6.45, 7) is 4.96. The van der Waals surface area contributed by atoms with Crippen LogP contribution in [0.2, 0.25) is 0 Å². The van der Waals surface area contributed by atoms with Crippen LogP contribution in [-0.2, 0) is 7.05 Å². The van der Waals surface area contributed by atoms with Crippen LogP contribution < -0.4 is 14.2 Å². The number of rotatable bonds is 6. The molecule has 0 aliphatic carbocycles. The Hall–Kier alpha value is -3.62. The zero-order chi connectivity index (χ0) is 23.5. The first-order valence-corrected chi connectivity index (χ1v) is 10.9. The Morgan fingerprint density at radius 1 is 1.06 bits per heavy atom. The van der Waals surface area contributed by atoms with Gasteiger partial charge in [0.05, 0.1) is 26.5 Å². The molecule has 1 aliphatic heterocycles. The molecule has 2 aromatic heterocycles. The number of benzene rings is 1. The lowest BCUT2D eigenvalue weighted by molar-refractivity contribution is 0.0505. The molecule has 0 N–H and O–H groups in total. The van der Waals surface area contributed by atoms with Crippen molar-refractivity contribution in [3.8, 4) is 28.8 Å². The fraction of sp³-hybridized carbons (Fsp3) is 0.417. The van der Waals surface area contributed by atoms with Crippen LogP contribution in [0.1, 0.15) is 34.7 Å². The topological polar surface area (TPSA) is 91.6 Å². The van der Waals surface area contributed by atoms with Crippen LogP contribution >= 0.6 is 0 Å². The van der Waals surface area contributed by atoms with Crippen LogP contribution in [0.25, 0.3) is 11.3 Å². The third-order valence-corrected chi connectivity index (χ3v) is 5.68. The van der Waals surface area contributed by atoms with Gasteiger partial charge in [0.2, 0.25) is 0 Å². The van der Waals surface area contributed by atoms with E-state index in [2.05, 4.69) is 15.1 Å². The summed E-state index contributed by atoms with van der Waals surface area (Å²) < 4.78 is 18.5. The first kappa shape index (κ1) is 22.6. The summed E-state index contributed by atoms with van der Waals surface area (Å²) in [6.07, 6.45) is 1.53. The highest BCUT2D eigenvalue weighted by molar-refractivity contribution is 5.94. The van der Waals surface area contributed by atoms with Crippen LogP contribution in [0.3, 0.4) is 0 Å². The molecule has 0 saturated carbocycles. The first-order chi connectivity index (χ1) is 15.9. The normalized spacial score (nSPS) is 15.9. The van der Waals surface area contributed by atoms with Crippen molar-refractivity contribution in [2.45, 2.75) is 32.8 Å². The summed E-state index contributed by atoms with van der Waals surface area (Å²) in [4.78, 5) is 23.9. The highest BCUT2D eigenvalue weighted by Crippen LogP contribution is 2.33. The van der Waals surface area contributed by atoms with Gasteiger partial charge in [0.25, 0.3) is 5.91 Å². The van der Waals surface area contributed by atoms with Crippen molar-refractivity contribution in [1.29, 1.82) is 0 Å². The van der Waals surface area contributed by atoms with Crippen molar-refractivity contribution in [2.24, 2.45) is 7.05 Å². The van der Waals surface area contributed by atoms with Crippen molar-refractivity contribution in [1.82, 2.24) is 24.6 Å². The Bertz CT molecular complexity index is 1140. The van der Waals surface area contributed by atoms with Crippen LogP contribution in [0.4, 0.5) is 0 Å². The molecule has 1 aromatic carbocycles. The number of nitrogens with zero attached hydrogens (tertiary/aromatic N) is 5. The maximum atomic E-state index is 13.4. The maximum Gasteiger partial charge on any atom is 0.317 e. The van der Waals surface area contributed by atoms with Gasteiger partial charge in [-0.2, -0.15) is 5.10 Å². The summed E-state index contributed by atoms with van der Waals surface area (Å²) in [6, 6.07) is 9.55. The summed E-state index contributed by atoms with van der Waals surface area (Å²) in [7, 11) is 4.98. The number of aromatic nitrogens is 4. The average molecular weight is 452 g/mol. The van der Waals surface area contributed by atoms with Gasteiger partial charge >= 0.3 is 6.01 Å². The summed E-state index contributed by atoms with van der Waals surface area (Å²) in [5.74, 6) is 1.26. The molecule has 9 heteroatoms. The molecule has 1 aliphatic rings. The third-order valence-electron chi connectivity index (χ3n) is 5.68. The predicted octanol–water partition coefficient (Wildman–Crippen LogP) is 3.19. The van der Waals surface area contributed by atoms with Crippen molar-refractivity contribution < 1.29 is 19.0 Å². The maximum absolute atomic E-state index is 13.4. The highest BCUT2D eigenvalue weighted by atomic mass is 16.5. The van der Waals surface area contributed by atoms with E-state index >= 15 is 0 Å². The Kier molecular flexibility index (Phi) is 6.48. The molecule has 0 radical (unpaired) electrons. The summed E-state index contributed by atoms with van der Waals surface area (Å²) in [5.41, 5.74) is 3.62. The average Bonchev–Trinajstić information content (AvgIpc) is 3.19. The fourth-order valence-electron chi connectivity index (χ4n) is 4.09. The van der Waals surface area contributed by atoms with Crippen LogP contribution in [0.5, 0.6) is 17.5 Å². The Balaban J connectivity index is 1.53. The molecule has 33 heavy (non-hydrogen) atoms. The quantitative estimate of drug-likeness (QED) is 0.568. The lowest BCUT2D eigenvalue weighted by Crippen LogP contribution is -2.45. The van der Waals surface area contributed by atoms with Gasteiger partial charge < -0.3 is 19.1 Å². The minimum atomic E-state index is -0.157. The minimum absolute atomic E-state index is 0.0900. The van der Waals surface area contributed by atoms with E-state index in [0.717, 1.165) is 29.8 Å². The number of amides is 1. The van der Waals surface area contributed by atoms with Gasteiger partial charge in [-0.1, -0.05) is 0 Å². The van der Waals surface area contributed by atoms with Gasteiger partial charge in [-0.25, -0.2) is 9.97 Å². The lowest BCUT2D eigenvalue weighted by Gasteiger charge is -2.32. The molecule has 1 saturated heterocycles. The SMILES string of the molecule is COc1ccc(OC)c(-c2cc(C(=O)N3CCCC(Oc4nc(C)cc(C)n4)C3)n(C)n2)c1. The van der Waals surface area contributed by atoms with Gasteiger partial charge in [0.1, 0.15) is 23.3 Å². The first-order valence-electron chi connectivity index (χ1n) is 10.9. The number of carbonyl (C=O) groups excluding carboxylic acids is 1. The van der Waals surface area contributed by atoms with Crippen molar-refractivity contribution >= 4 is 5.91 Å². The van der Waals surface area contributed by atoms with Gasteiger partial charge in [0.15, 0.2) is 0 Å². The van der Waals surface area contributed by atoms with Gasteiger partial charge in [-0.15, -0.1) is 0 Å². The molecule has 3 aromatic rings. The standard InChI is InChI=1S/C24H29N5O4/c1-15-11-16(2)26-24(25-15)33-18-7-6-10-29(14-18)23(30)21-13-20(27-28(21)3)19-12-17(31-4)8-9-22(19)32-5/h8-9,11-13,18H,6-7,10,14H2,1-5H3. The van der Waals surface area contributed by atoms with Gasteiger partial charge in [-0.05, 0) is 57.0 Å². The number of methoxy groups -OCH3 is 2. The highest BCUT2D eigenvalue weighted by Gasteiger charge is 2.28. The Morgan fingerprint density at radius 3 is 2.52 bits per heavy atom. The van der Waals surface area contributed by atoms with Gasteiger partial charge in [0, 0.05) is 30.5 Å². The molecular formula is C24H29N5O4.